The number of nitrogens with one attached hydrogen (secondary N) is 3. The Morgan fingerprint density at radius 2 is 1.77 bits per heavy atom. The summed E-state index contributed by atoms with van der Waals surface area (Å²) < 4.78 is 5.29. The monoisotopic (exact) mass is 348 g/mol. The van der Waals surface area contributed by atoms with Crippen molar-refractivity contribution in [1.29, 1.82) is 5.26 Å². The molecule has 0 unspecified atom stereocenters. The number of fused-ring (bicyclic) bond motifs is 1. The van der Waals surface area contributed by atoms with Crippen molar-refractivity contribution >= 4 is 22.7 Å². The van der Waals surface area contributed by atoms with Crippen molar-refractivity contribution in [3.8, 4) is 11.8 Å². The molecule has 26 heavy (non-hydrogen) atoms. The van der Waals surface area contributed by atoms with Gasteiger partial charge in [-0.1, -0.05) is 30.3 Å². The van der Waals surface area contributed by atoms with E-state index in [1.54, 1.807) is 30.5 Å². The maximum absolute atomic E-state index is 12.0. The Hall–Kier alpha value is -3.79. The summed E-state index contributed by atoms with van der Waals surface area (Å²) >= 11 is 0. The number of nitrogens with zero attached hydrogens (tertiary/aromatic N) is 1. The molecule has 0 radical (unpaired) electrons. The average Bonchev–Trinajstić information content (AvgIpc) is 3.08. The van der Waals surface area contributed by atoms with Crippen molar-refractivity contribution in [3.05, 3.63) is 65.9 Å². The Kier molecular flexibility index (Phi) is 5.15. The molecule has 0 aliphatic heterocycles. The lowest BCUT2D eigenvalue weighted by Crippen LogP contribution is -2.44. The van der Waals surface area contributed by atoms with Crippen molar-refractivity contribution < 1.29 is 14.3 Å². The van der Waals surface area contributed by atoms with Crippen molar-refractivity contribution in [2.45, 2.75) is 6.42 Å². The van der Waals surface area contributed by atoms with Crippen LogP contribution >= 0.6 is 0 Å². The molecule has 3 N–H and O–H groups in total. The Labute approximate surface area is 149 Å². The first-order chi connectivity index (χ1) is 12.7. The number of carbonyl (C=O) groups is 2. The molecule has 1 heterocycles. The minimum Gasteiger partial charge on any atom is -0.482 e. The van der Waals surface area contributed by atoms with E-state index < -0.39 is 5.91 Å². The molecule has 3 rings (SSSR count). The summed E-state index contributed by atoms with van der Waals surface area (Å²) in [5.41, 5.74) is 6.77. The van der Waals surface area contributed by atoms with Gasteiger partial charge >= 0.3 is 0 Å². The molecule has 0 saturated carbocycles. The molecule has 130 valence electrons. The Morgan fingerprint density at radius 1 is 1.04 bits per heavy atom. The number of benzene rings is 2. The molecular formula is C19H16N4O3. The first-order valence-electron chi connectivity index (χ1n) is 7.92. The number of para-hydroxylation sites is 2. The summed E-state index contributed by atoms with van der Waals surface area (Å²) in [6.45, 7) is -0.313. The topological polar surface area (TPSA) is 107 Å². The number of hydrogen-bond acceptors (Lipinski definition) is 4. The first kappa shape index (κ1) is 17.0. The quantitative estimate of drug-likeness (QED) is 0.611. The summed E-state index contributed by atoms with van der Waals surface area (Å²) in [5.74, 6) is -0.555. The zero-order chi connectivity index (χ0) is 18.4. The fraction of sp³-hybridized carbons (Fsp3) is 0.105. The van der Waals surface area contributed by atoms with Crippen LogP contribution in [0.1, 0.15) is 11.1 Å². The van der Waals surface area contributed by atoms with Gasteiger partial charge in [-0.15, -0.1) is 0 Å². The molecule has 7 heteroatoms. The van der Waals surface area contributed by atoms with E-state index in [1.165, 1.54) is 0 Å². The second kappa shape index (κ2) is 7.85. The van der Waals surface area contributed by atoms with E-state index in [4.69, 9.17) is 10.00 Å². The third-order valence-corrected chi connectivity index (χ3v) is 3.73. The van der Waals surface area contributed by atoms with Crippen molar-refractivity contribution in [1.82, 2.24) is 15.8 Å². The number of hydrogen-bond donors (Lipinski definition) is 3. The van der Waals surface area contributed by atoms with Crippen LogP contribution in [0.15, 0.2) is 54.7 Å². The highest BCUT2D eigenvalue weighted by Gasteiger charge is 2.10. The number of carbonyl (C=O) groups excluding carboxylic acids is 2. The zero-order valence-electron chi connectivity index (χ0n) is 13.8. The van der Waals surface area contributed by atoms with Crippen LogP contribution in [-0.4, -0.2) is 23.4 Å². The van der Waals surface area contributed by atoms with Gasteiger partial charge in [0, 0.05) is 17.1 Å². The van der Waals surface area contributed by atoms with E-state index >= 15 is 0 Å². The minimum absolute atomic E-state index is 0.127. The Balaban J connectivity index is 1.48. The van der Waals surface area contributed by atoms with Crippen LogP contribution in [0, 0.1) is 11.3 Å². The second-order valence-corrected chi connectivity index (χ2v) is 5.53. The van der Waals surface area contributed by atoms with Gasteiger partial charge in [-0.05, 0) is 23.8 Å². The number of H-pyrrole nitrogens is 1. The summed E-state index contributed by atoms with van der Waals surface area (Å²) in [7, 11) is 0. The number of aromatic amines is 1. The summed E-state index contributed by atoms with van der Waals surface area (Å²) in [6, 6.07) is 16.2. The lowest BCUT2D eigenvalue weighted by atomic mass is 10.1. The van der Waals surface area contributed by atoms with Crippen LogP contribution in [0.4, 0.5) is 0 Å². The predicted octanol–water partition coefficient (Wildman–Crippen LogP) is 1.81. The zero-order valence-corrected chi connectivity index (χ0v) is 13.8. The maximum atomic E-state index is 12.0. The molecule has 0 bridgehead atoms. The summed E-state index contributed by atoms with van der Waals surface area (Å²) in [6.07, 6.45) is 1.90. The summed E-state index contributed by atoms with van der Waals surface area (Å²) in [4.78, 5) is 26.9. The normalized spacial score (nSPS) is 10.1. The van der Waals surface area contributed by atoms with Crippen LogP contribution in [0.5, 0.6) is 5.75 Å². The standard InChI is InChI=1S/C19H16N4O3/c20-10-13-5-1-4-8-17(13)26-12-19(25)23-22-18(24)9-14-11-21-16-7-3-2-6-15(14)16/h1-8,11,21H,9,12H2,(H,22,24)(H,23,25). The van der Waals surface area contributed by atoms with Gasteiger partial charge in [0.05, 0.1) is 12.0 Å². The Bertz CT molecular complexity index is 988. The highest BCUT2D eigenvalue weighted by atomic mass is 16.5. The number of ether oxygens (including phenoxy) is 1. The fourth-order valence-corrected chi connectivity index (χ4v) is 2.50. The highest BCUT2D eigenvalue weighted by Crippen LogP contribution is 2.18. The molecule has 0 fully saturated rings. The molecule has 1 aromatic heterocycles. The molecule has 0 saturated heterocycles. The van der Waals surface area contributed by atoms with E-state index in [9.17, 15) is 9.59 Å². The van der Waals surface area contributed by atoms with Crippen LogP contribution in [-0.2, 0) is 16.0 Å². The van der Waals surface area contributed by atoms with Gasteiger partial charge < -0.3 is 9.72 Å². The van der Waals surface area contributed by atoms with Crippen molar-refractivity contribution in [2.75, 3.05) is 6.61 Å². The van der Waals surface area contributed by atoms with E-state index in [-0.39, 0.29) is 18.9 Å². The van der Waals surface area contributed by atoms with E-state index in [0.717, 1.165) is 16.5 Å². The lowest BCUT2D eigenvalue weighted by Gasteiger charge is -2.09. The van der Waals surface area contributed by atoms with Gasteiger partial charge in [-0.2, -0.15) is 5.26 Å². The molecule has 0 atom stereocenters. The molecule has 2 amide bonds. The molecule has 0 aliphatic rings. The molecule has 0 aliphatic carbocycles. The second-order valence-electron chi connectivity index (χ2n) is 5.53. The first-order valence-corrected chi connectivity index (χ1v) is 7.92. The molecule has 2 aromatic carbocycles. The highest BCUT2D eigenvalue weighted by molar-refractivity contribution is 5.89. The number of nitriles is 1. The van der Waals surface area contributed by atoms with Gasteiger partial charge in [0.2, 0.25) is 5.91 Å². The third kappa shape index (κ3) is 3.99. The smallest absolute Gasteiger partial charge is 0.276 e. The predicted molar refractivity (Wildman–Crippen MR) is 94.9 cm³/mol. The minimum atomic E-state index is -0.523. The van der Waals surface area contributed by atoms with E-state index in [2.05, 4.69) is 15.8 Å². The molecule has 7 nitrogen and oxygen atoms in total. The van der Waals surface area contributed by atoms with Gasteiger partial charge in [-0.3, -0.25) is 20.4 Å². The van der Waals surface area contributed by atoms with Gasteiger partial charge in [-0.25, -0.2) is 0 Å². The fourth-order valence-electron chi connectivity index (χ4n) is 2.50. The van der Waals surface area contributed by atoms with Gasteiger partial charge in [0.15, 0.2) is 6.61 Å². The molecule has 3 aromatic rings. The SMILES string of the molecule is N#Cc1ccccc1OCC(=O)NNC(=O)Cc1c[nH]c2ccccc12. The molecular weight excluding hydrogens is 332 g/mol. The van der Waals surface area contributed by atoms with Crippen LogP contribution in [0.25, 0.3) is 10.9 Å². The van der Waals surface area contributed by atoms with Gasteiger partial charge in [0.25, 0.3) is 5.91 Å². The lowest BCUT2D eigenvalue weighted by molar-refractivity contribution is -0.129. The number of aromatic nitrogens is 1. The van der Waals surface area contributed by atoms with Crippen LogP contribution in [0.2, 0.25) is 0 Å². The van der Waals surface area contributed by atoms with Crippen LogP contribution < -0.4 is 15.6 Å². The third-order valence-electron chi connectivity index (χ3n) is 3.73. The average molecular weight is 348 g/mol. The van der Waals surface area contributed by atoms with Crippen molar-refractivity contribution in [3.63, 3.8) is 0 Å². The number of rotatable bonds is 5. The van der Waals surface area contributed by atoms with E-state index in [1.807, 2.05) is 30.3 Å². The maximum Gasteiger partial charge on any atom is 0.276 e. The number of hydrazine groups is 1. The number of amides is 2. The largest absolute Gasteiger partial charge is 0.482 e. The van der Waals surface area contributed by atoms with Crippen LogP contribution in [0.3, 0.4) is 0 Å². The van der Waals surface area contributed by atoms with E-state index in [0.29, 0.717) is 11.3 Å². The molecule has 0 spiro atoms. The summed E-state index contributed by atoms with van der Waals surface area (Å²) in [5, 5.41) is 9.93. The Morgan fingerprint density at radius 3 is 2.62 bits per heavy atom. The van der Waals surface area contributed by atoms with Gasteiger partial charge in [0.1, 0.15) is 11.8 Å². The van der Waals surface area contributed by atoms with Crippen molar-refractivity contribution in [2.24, 2.45) is 0 Å².